The van der Waals surface area contributed by atoms with Crippen LogP contribution in [0.2, 0.25) is 0 Å². The van der Waals surface area contributed by atoms with Crippen LogP contribution >= 0.6 is 0 Å². The van der Waals surface area contributed by atoms with Gasteiger partial charge in [-0.25, -0.2) is 0 Å². The monoisotopic (exact) mass is 272 g/mol. The number of nitrogens with zero attached hydrogens (tertiary/aromatic N) is 1. The molecule has 0 aromatic rings. The molecule has 0 spiro atoms. The third-order valence-electron chi connectivity index (χ3n) is 4.05. The van der Waals surface area contributed by atoms with Crippen LogP contribution in [-0.2, 0) is 14.3 Å². The molecule has 1 aliphatic rings. The number of ether oxygens (including phenoxy) is 2. The largest absolute Gasteiger partial charge is 0.465 e. The lowest BCUT2D eigenvalue weighted by atomic mass is 9.97. The van der Waals surface area contributed by atoms with Crippen LogP contribution in [0.15, 0.2) is 0 Å². The summed E-state index contributed by atoms with van der Waals surface area (Å²) < 4.78 is 10.6. The molecule has 2 atom stereocenters. The van der Waals surface area contributed by atoms with Gasteiger partial charge in [0.1, 0.15) is 5.54 Å². The molecule has 0 aromatic heterocycles. The van der Waals surface area contributed by atoms with Gasteiger partial charge < -0.3 is 19.7 Å². The van der Waals surface area contributed by atoms with E-state index in [9.17, 15) is 4.79 Å². The maximum Gasteiger partial charge on any atom is 0.326 e. The average Bonchev–Trinajstić information content (AvgIpc) is 2.85. The summed E-state index contributed by atoms with van der Waals surface area (Å²) in [6, 6.07) is 0.414. The number of hydrogen-bond acceptors (Lipinski definition) is 5. The van der Waals surface area contributed by atoms with Crippen molar-refractivity contribution >= 4 is 5.97 Å². The lowest BCUT2D eigenvalue weighted by molar-refractivity contribution is -0.151. The highest BCUT2D eigenvalue weighted by molar-refractivity contribution is 5.81. The molecular formula is C14H28N2O3. The van der Waals surface area contributed by atoms with E-state index in [1.165, 1.54) is 0 Å². The van der Waals surface area contributed by atoms with Gasteiger partial charge in [-0.1, -0.05) is 0 Å². The molecule has 1 saturated carbocycles. The third-order valence-corrected chi connectivity index (χ3v) is 4.05. The van der Waals surface area contributed by atoms with E-state index in [-0.39, 0.29) is 5.97 Å². The Morgan fingerprint density at radius 1 is 1.42 bits per heavy atom. The minimum absolute atomic E-state index is 0.113. The van der Waals surface area contributed by atoms with E-state index in [2.05, 4.69) is 17.3 Å². The quantitative estimate of drug-likeness (QED) is 0.528. The van der Waals surface area contributed by atoms with Crippen molar-refractivity contribution < 1.29 is 14.3 Å². The summed E-state index contributed by atoms with van der Waals surface area (Å²) in [4.78, 5) is 14.4. The van der Waals surface area contributed by atoms with Crippen LogP contribution in [0.25, 0.3) is 0 Å². The minimum atomic E-state index is -0.499. The van der Waals surface area contributed by atoms with Gasteiger partial charge in [0.25, 0.3) is 0 Å². The normalized spacial score (nSPS) is 26.9. The van der Waals surface area contributed by atoms with Gasteiger partial charge in [0.05, 0.1) is 13.2 Å². The van der Waals surface area contributed by atoms with E-state index < -0.39 is 5.54 Å². The van der Waals surface area contributed by atoms with E-state index in [1.54, 1.807) is 0 Å². The van der Waals surface area contributed by atoms with Crippen molar-refractivity contribution in [2.75, 3.05) is 40.5 Å². The van der Waals surface area contributed by atoms with Gasteiger partial charge in [0.15, 0.2) is 0 Å². The first kappa shape index (κ1) is 16.4. The number of likely N-dealkylation sites (N-methyl/N-ethyl adjacent to an activating group) is 2. The molecule has 0 saturated heterocycles. The van der Waals surface area contributed by atoms with Gasteiger partial charge in [-0.15, -0.1) is 0 Å². The summed E-state index contributed by atoms with van der Waals surface area (Å²) in [5, 5.41) is 3.18. The lowest BCUT2D eigenvalue weighted by Crippen LogP contribution is -2.50. The fourth-order valence-corrected chi connectivity index (χ4v) is 2.71. The fourth-order valence-electron chi connectivity index (χ4n) is 2.71. The average molecular weight is 272 g/mol. The van der Waals surface area contributed by atoms with Crippen molar-refractivity contribution in [3.05, 3.63) is 0 Å². The van der Waals surface area contributed by atoms with Gasteiger partial charge in [0.2, 0.25) is 0 Å². The maximum absolute atomic E-state index is 12.1. The Kier molecular flexibility index (Phi) is 6.75. The van der Waals surface area contributed by atoms with Crippen LogP contribution in [0, 0.1) is 0 Å². The van der Waals surface area contributed by atoms with Crippen LogP contribution in [0.4, 0.5) is 0 Å². The van der Waals surface area contributed by atoms with Gasteiger partial charge in [-0.2, -0.15) is 0 Å². The number of rotatable bonds is 8. The van der Waals surface area contributed by atoms with E-state index >= 15 is 0 Å². The molecule has 1 N–H and O–H groups in total. The molecule has 5 heteroatoms. The molecule has 5 nitrogen and oxygen atoms in total. The number of carbonyl (C=O) groups is 1. The zero-order chi connectivity index (χ0) is 14.3. The van der Waals surface area contributed by atoms with Gasteiger partial charge in [0, 0.05) is 19.2 Å². The highest BCUT2D eigenvalue weighted by Gasteiger charge is 2.46. The molecule has 0 heterocycles. The zero-order valence-corrected chi connectivity index (χ0v) is 12.7. The summed E-state index contributed by atoms with van der Waals surface area (Å²) >= 11 is 0. The fraction of sp³-hybridized carbons (Fsp3) is 0.929. The standard InChI is InChI=1S/C14H28N2O3/c1-5-18-10-9-16(4)12-7-8-14(11-12,15-3)13(17)19-6-2/h12,15H,5-11H2,1-4H3. The van der Waals surface area contributed by atoms with Crippen LogP contribution in [0.3, 0.4) is 0 Å². The maximum atomic E-state index is 12.1. The smallest absolute Gasteiger partial charge is 0.326 e. The van der Waals surface area contributed by atoms with Crippen molar-refractivity contribution in [2.24, 2.45) is 0 Å². The summed E-state index contributed by atoms with van der Waals surface area (Å²) in [6.07, 6.45) is 2.67. The topological polar surface area (TPSA) is 50.8 Å². The molecule has 0 amide bonds. The van der Waals surface area contributed by atoms with Gasteiger partial charge in [-0.05, 0) is 47.2 Å². The summed E-state index contributed by atoms with van der Waals surface area (Å²) in [5.41, 5.74) is -0.499. The van der Waals surface area contributed by atoms with Crippen molar-refractivity contribution in [1.29, 1.82) is 0 Å². The molecular weight excluding hydrogens is 244 g/mol. The van der Waals surface area contributed by atoms with Gasteiger partial charge >= 0.3 is 5.97 Å². The number of esters is 1. The summed E-state index contributed by atoms with van der Waals surface area (Å²) in [5.74, 6) is -0.113. The molecule has 0 aromatic carbocycles. The zero-order valence-electron chi connectivity index (χ0n) is 12.7. The Balaban J connectivity index is 2.51. The van der Waals surface area contributed by atoms with E-state index in [4.69, 9.17) is 9.47 Å². The van der Waals surface area contributed by atoms with Crippen molar-refractivity contribution in [1.82, 2.24) is 10.2 Å². The highest BCUT2D eigenvalue weighted by atomic mass is 16.5. The molecule has 0 aliphatic heterocycles. The number of hydrogen-bond donors (Lipinski definition) is 1. The van der Waals surface area contributed by atoms with Crippen LogP contribution in [-0.4, -0.2) is 62.9 Å². The molecule has 19 heavy (non-hydrogen) atoms. The van der Waals surface area contributed by atoms with Crippen LogP contribution in [0.5, 0.6) is 0 Å². The minimum Gasteiger partial charge on any atom is -0.465 e. The SMILES string of the molecule is CCOCCN(C)C1CCC(NC)(C(=O)OCC)C1. The highest BCUT2D eigenvalue weighted by Crippen LogP contribution is 2.33. The predicted octanol–water partition coefficient (Wildman–Crippen LogP) is 1.03. The first-order valence-electron chi connectivity index (χ1n) is 7.23. The number of nitrogens with one attached hydrogen (secondary N) is 1. The second-order valence-corrected chi connectivity index (χ2v) is 5.13. The second-order valence-electron chi connectivity index (χ2n) is 5.13. The van der Waals surface area contributed by atoms with Crippen molar-refractivity contribution in [3.8, 4) is 0 Å². The Morgan fingerprint density at radius 3 is 2.74 bits per heavy atom. The summed E-state index contributed by atoms with van der Waals surface area (Å²) in [6.45, 7) is 6.69. The predicted molar refractivity (Wildman–Crippen MR) is 75.2 cm³/mol. The molecule has 1 rings (SSSR count). The Labute approximate surface area is 116 Å². The lowest BCUT2D eigenvalue weighted by Gasteiger charge is -2.29. The van der Waals surface area contributed by atoms with Crippen LogP contribution < -0.4 is 5.32 Å². The molecule has 2 unspecified atom stereocenters. The second kappa shape index (κ2) is 7.82. The number of carbonyl (C=O) groups excluding carboxylic acids is 1. The Hall–Kier alpha value is -0.650. The first-order chi connectivity index (χ1) is 9.09. The molecule has 0 bridgehead atoms. The molecule has 0 radical (unpaired) electrons. The molecule has 1 fully saturated rings. The Morgan fingerprint density at radius 2 is 2.16 bits per heavy atom. The summed E-state index contributed by atoms with van der Waals surface area (Å²) in [7, 11) is 3.94. The first-order valence-corrected chi connectivity index (χ1v) is 7.23. The van der Waals surface area contributed by atoms with E-state index in [1.807, 2.05) is 20.9 Å². The van der Waals surface area contributed by atoms with Gasteiger partial charge in [-0.3, -0.25) is 4.79 Å². The molecule has 112 valence electrons. The van der Waals surface area contributed by atoms with E-state index in [0.29, 0.717) is 12.6 Å². The van der Waals surface area contributed by atoms with Crippen LogP contribution in [0.1, 0.15) is 33.1 Å². The third kappa shape index (κ3) is 4.16. The van der Waals surface area contributed by atoms with E-state index in [0.717, 1.165) is 39.0 Å². The van der Waals surface area contributed by atoms with Crippen molar-refractivity contribution in [3.63, 3.8) is 0 Å². The Bertz CT molecular complexity index is 286. The van der Waals surface area contributed by atoms with Crippen molar-refractivity contribution in [2.45, 2.75) is 44.7 Å². The molecule has 1 aliphatic carbocycles.